The molecule has 9 nitrogen and oxygen atoms in total. The minimum absolute atomic E-state index is 0.202. The lowest BCUT2D eigenvalue weighted by Gasteiger charge is -2.29. The van der Waals surface area contributed by atoms with Crippen molar-refractivity contribution in [3.8, 4) is 11.4 Å². The largest absolute Gasteiger partial charge is 0.495 e. The van der Waals surface area contributed by atoms with E-state index in [1.54, 1.807) is 25.4 Å². The highest BCUT2D eigenvalue weighted by molar-refractivity contribution is 7.80. The summed E-state index contributed by atoms with van der Waals surface area (Å²) >= 11 is 5.91. The third-order valence-electron chi connectivity index (χ3n) is 7.21. The van der Waals surface area contributed by atoms with Gasteiger partial charge in [-0.05, 0) is 92.3 Å². The highest BCUT2D eigenvalue weighted by Gasteiger charge is 2.42. The molecule has 1 amide bonds. The molecule has 4 aromatic rings. The standard InChI is InChI=1S/C31H31N5O4S/c1-18-16-24(19(2)35(18)22-11-9-21(10-12-22)30(38)40-5)29-28(25-8-6-7-15-32-25)34-31(41)36(29)23-13-14-27(39-4)26(17-23)33-20(3)37/h6-17,28-29H,1-5H3,(H,33,37)(H,34,41)/t28-,29-/m1/s1. The number of nitrogens with zero attached hydrogens (tertiary/aromatic N) is 3. The zero-order valence-corrected chi connectivity index (χ0v) is 24.3. The molecule has 1 aliphatic rings. The number of carbonyl (C=O) groups is 2. The van der Waals surface area contributed by atoms with Crippen molar-refractivity contribution in [3.05, 3.63) is 101 Å². The van der Waals surface area contributed by atoms with Crippen molar-refractivity contribution in [3.63, 3.8) is 0 Å². The maximum atomic E-state index is 12.0. The SMILES string of the molecule is COC(=O)c1ccc(-n2c(C)cc([C@@H]3[C@@H](c4ccccn4)NC(=S)N3c3ccc(OC)c(NC(C)=O)c3)c2C)cc1. The number of benzene rings is 2. The van der Waals surface area contributed by atoms with E-state index in [0.717, 1.165) is 34.0 Å². The van der Waals surface area contributed by atoms with Crippen molar-refractivity contribution < 1.29 is 19.1 Å². The lowest BCUT2D eigenvalue weighted by atomic mass is 9.96. The van der Waals surface area contributed by atoms with Gasteiger partial charge in [0.2, 0.25) is 5.91 Å². The van der Waals surface area contributed by atoms with Crippen molar-refractivity contribution in [2.45, 2.75) is 32.9 Å². The van der Waals surface area contributed by atoms with Crippen molar-refractivity contribution in [2.24, 2.45) is 0 Å². The first-order valence-corrected chi connectivity index (χ1v) is 13.5. The number of amides is 1. The molecule has 0 aliphatic carbocycles. The molecule has 0 saturated carbocycles. The lowest BCUT2D eigenvalue weighted by Crippen LogP contribution is -2.29. The van der Waals surface area contributed by atoms with Gasteiger partial charge in [0, 0.05) is 35.9 Å². The van der Waals surface area contributed by atoms with Crippen LogP contribution in [0.25, 0.3) is 5.69 Å². The van der Waals surface area contributed by atoms with Gasteiger partial charge >= 0.3 is 5.97 Å². The van der Waals surface area contributed by atoms with E-state index < -0.39 is 0 Å². The second-order valence-electron chi connectivity index (χ2n) is 9.76. The Morgan fingerprint density at radius 2 is 1.73 bits per heavy atom. The number of aryl methyl sites for hydroxylation is 1. The molecule has 1 saturated heterocycles. The fourth-order valence-electron chi connectivity index (χ4n) is 5.43. The van der Waals surface area contributed by atoms with E-state index in [-0.39, 0.29) is 24.0 Å². The third kappa shape index (κ3) is 5.26. The van der Waals surface area contributed by atoms with Crippen LogP contribution in [0.5, 0.6) is 5.75 Å². The van der Waals surface area contributed by atoms with Crippen LogP contribution in [0.3, 0.4) is 0 Å². The number of esters is 1. The van der Waals surface area contributed by atoms with Crippen LogP contribution in [0.15, 0.2) is 72.9 Å². The number of hydrogen-bond donors (Lipinski definition) is 2. The van der Waals surface area contributed by atoms with Crippen molar-refractivity contribution in [1.82, 2.24) is 14.9 Å². The number of thiocarbonyl (C=S) groups is 1. The number of nitrogens with one attached hydrogen (secondary N) is 2. The third-order valence-corrected chi connectivity index (χ3v) is 7.52. The average Bonchev–Trinajstić information content (AvgIpc) is 3.47. The predicted molar refractivity (Wildman–Crippen MR) is 162 cm³/mol. The van der Waals surface area contributed by atoms with E-state index in [9.17, 15) is 9.59 Å². The summed E-state index contributed by atoms with van der Waals surface area (Å²) < 4.78 is 12.5. The quantitative estimate of drug-likeness (QED) is 0.225. The van der Waals surface area contributed by atoms with Gasteiger partial charge in [0.25, 0.3) is 0 Å². The number of rotatable bonds is 7. The van der Waals surface area contributed by atoms with E-state index >= 15 is 0 Å². The second kappa shape index (κ2) is 11.4. The van der Waals surface area contributed by atoms with Gasteiger partial charge in [-0.3, -0.25) is 9.78 Å². The molecule has 2 aromatic heterocycles. The molecule has 41 heavy (non-hydrogen) atoms. The summed E-state index contributed by atoms with van der Waals surface area (Å²) in [7, 11) is 2.93. The Morgan fingerprint density at radius 3 is 2.37 bits per heavy atom. The highest BCUT2D eigenvalue weighted by Crippen LogP contribution is 2.45. The molecule has 0 bridgehead atoms. The number of ether oxygens (including phenoxy) is 2. The van der Waals surface area contributed by atoms with Gasteiger partial charge in [-0.1, -0.05) is 6.07 Å². The molecule has 0 radical (unpaired) electrons. The summed E-state index contributed by atoms with van der Waals surface area (Å²) in [5.41, 5.74) is 6.70. The number of pyridine rings is 1. The van der Waals surface area contributed by atoms with Gasteiger partial charge in [-0.2, -0.15) is 0 Å². The smallest absolute Gasteiger partial charge is 0.337 e. The summed E-state index contributed by atoms with van der Waals surface area (Å²) in [6, 6.07) is 20.4. The van der Waals surface area contributed by atoms with Crippen molar-refractivity contribution in [1.29, 1.82) is 0 Å². The Labute approximate surface area is 244 Å². The van der Waals surface area contributed by atoms with E-state index in [1.807, 2.05) is 55.5 Å². The first kappa shape index (κ1) is 27.9. The monoisotopic (exact) mass is 569 g/mol. The van der Waals surface area contributed by atoms with Gasteiger partial charge in [0.05, 0.1) is 43.2 Å². The number of carbonyl (C=O) groups excluding carboxylic acids is 2. The van der Waals surface area contributed by atoms with Crippen LogP contribution in [0.4, 0.5) is 11.4 Å². The van der Waals surface area contributed by atoms with E-state index in [2.05, 4.69) is 38.1 Å². The molecule has 0 unspecified atom stereocenters. The molecule has 1 fully saturated rings. The van der Waals surface area contributed by atoms with Crippen LogP contribution in [0.1, 0.15) is 52.0 Å². The fourth-order valence-corrected chi connectivity index (χ4v) is 5.78. The Morgan fingerprint density at radius 1 is 1.00 bits per heavy atom. The molecule has 210 valence electrons. The Bertz CT molecular complexity index is 1620. The fraction of sp³-hybridized carbons (Fsp3) is 0.226. The summed E-state index contributed by atoms with van der Waals surface area (Å²) in [6.45, 7) is 5.58. The van der Waals surface area contributed by atoms with Gasteiger partial charge in [0.1, 0.15) is 5.75 Å². The maximum Gasteiger partial charge on any atom is 0.337 e. The number of anilines is 2. The molecule has 3 heterocycles. The Hall–Kier alpha value is -4.70. The van der Waals surface area contributed by atoms with Gasteiger partial charge < -0.3 is 29.6 Å². The normalized spacial score (nSPS) is 16.3. The van der Waals surface area contributed by atoms with Crippen LogP contribution in [-0.4, -0.2) is 40.8 Å². The molecule has 2 aromatic carbocycles. The van der Waals surface area contributed by atoms with Crippen molar-refractivity contribution in [2.75, 3.05) is 24.4 Å². The van der Waals surface area contributed by atoms with E-state index in [1.165, 1.54) is 14.0 Å². The van der Waals surface area contributed by atoms with E-state index in [4.69, 9.17) is 21.7 Å². The number of hydrogen-bond acceptors (Lipinski definition) is 6. The molecule has 5 rings (SSSR count). The minimum Gasteiger partial charge on any atom is -0.495 e. The lowest BCUT2D eigenvalue weighted by molar-refractivity contribution is -0.114. The van der Waals surface area contributed by atoms with E-state index in [0.29, 0.717) is 22.1 Å². The number of methoxy groups -OCH3 is 2. The van der Waals surface area contributed by atoms with Crippen LogP contribution in [-0.2, 0) is 9.53 Å². The molecule has 2 atom stereocenters. The van der Waals surface area contributed by atoms with Gasteiger partial charge in [0.15, 0.2) is 5.11 Å². The Kier molecular flexibility index (Phi) is 7.76. The van der Waals surface area contributed by atoms with Gasteiger partial charge in [-0.25, -0.2) is 4.79 Å². The second-order valence-corrected chi connectivity index (χ2v) is 10.1. The van der Waals surface area contributed by atoms with Crippen LogP contribution in [0.2, 0.25) is 0 Å². The first-order valence-electron chi connectivity index (χ1n) is 13.1. The number of aromatic nitrogens is 2. The van der Waals surface area contributed by atoms with Crippen LogP contribution in [0, 0.1) is 13.8 Å². The minimum atomic E-state index is -0.379. The summed E-state index contributed by atoms with van der Waals surface area (Å²) in [6.07, 6.45) is 1.77. The Balaban J connectivity index is 1.64. The average molecular weight is 570 g/mol. The zero-order chi connectivity index (χ0) is 29.3. The highest BCUT2D eigenvalue weighted by atomic mass is 32.1. The van der Waals surface area contributed by atoms with Gasteiger partial charge in [-0.15, -0.1) is 0 Å². The predicted octanol–water partition coefficient (Wildman–Crippen LogP) is 5.42. The zero-order valence-electron chi connectivity index (χ0n) is 23.5. The molecule has 1 aliphatic heterocycles. The summed E-state index contributed by atoms with van der Waals surface area (Å²) in [4.78, 5) is 30.6. The molecule has 0 spiro atoms. The summed E-state index contributed by atoms with van der Waals surface area (Å²) in [5, 5.41) is 6.89. The topological polar surface area (TPSA) is 97.7 Å². The summed E-state index contributed by atoms with van der Waals surface area (Å²) in [5.74, 6) is -0.0311. The van der Waals surface area contributed by atoms with Crippen LogP contribution >= 0.6 is 12.2 Å². The van der Waals surface area contributed by atoms with Crippen molar-refractivity contribution >= 4 is 40.6 Å². The molecular formula is C31H31N5O4S. The molecular weight excluding hydrogens is 538 g/mol. The first-order chi connectivity index (χ1) is 19.7. The molecule has 2 N–H and O–H groups in total. The maximum absolute atomic E-state index is 12.0. The molecule has 10 heteroatoms. The van der Waals surface area contributed by atoms with Crippen LogP contribution < -0.4 is 20.3 Å².